The molecule has 0 aliphatic carbocycles. The van der Waals surface area contributed by atoms with Crippen molar-refractivity contribution >= 4 is 23.1 Å². The van der Waals surface area contributed by atoms with Crippen molar-refractivity contribution in [2.75, 3.05) is 18.5 Å². The first-order chi connectivity index (χ1) is 14.0. The van der Waals surface area contributed by atoms with Gasteiger partial charge in [-0.15, -0.1) is 6.58 Å². The van der Waals surface area contributed by atoms with Gasteiger partial charge in [-0.2, -0.15) is 0 Å². The van der Waals surface area contributed by atoms with Crippen molar-refractivity contribution in [1.29, 1.82) is 0 Å². The summed E-state index contributed by atoms with van der Waals surface area (Å²) in [5, 5.41) is 3.22. The summed E-state index contributed by atoms with van der Waals surface area (Å²) >= 11 is 0. The maximum Gasteiger partial charge on any atom is 0.278 e. The minimum absolute atomic E-state index is 0.164. The van der Waals surface area contributed by atoms with E-state index >= 15 is 0 Å². The first-order valence-electron chi connectivity index (χ1n) is 9.75. The summed E-state index contributed by atoms with van der Waals surface area (Å²) in [6.07, 6.45) is 2.47. The summed E-state index contributed by atoms with van der Waals surface area (Å²) in [6.45, 7) is 10.5. The molecule has 0 saturated heterocycles. The number of nitrogens with one attached hydrogen (secondary N) is 1. The molecule has 1 heterocycles. The van der Waals surface area contributed by atoms with Crippen LogP contribution in [-0.4, -0.2) is 29.9 Å². The molecule has 1 N–H and O–H groups in total. The monoisotopic (exact) mass is 390 g/mol. The number of nitrogens with zero attached hydrogens (tertiary/aromatic N) is 1. The van der Waals surface area contributed by atoms with Gasteiger partial charge in [-0.1, -0.05) is 37.3 Å². The number of imide groups is 1. The normalized spacial score (nSPS) is 13.8. The second kappa shape index (κ2) is 8.78. The van der Waals surface area contributed by atoms with Crippen molar-refractivity contribution in [3.05, 3.63) is 77.5 Å². The largest absolute Gasteiger partial charge is 0.494 e. The van der Waals surface area contributed by atoms with Crippen LogP contribution in [0.15, 0.2) is 60.8 Å². The van der Waals surface area contributed by atoms with Crippen molar-refractivity contribution in [3.8, 4) is 5.75 Å². The highest BCUT2D eigenvalue weighted by atomic mass is 16.5. The number of amides is 2. The summed E-state index contributed by atoms with van der Waals surface area (Å²) in [5.41, 5.74) is 4.26. The number of anilines is 1. The predicted molar refractivity (Wildman–Crippen MR) is 116 cm³/mol. The molecule has 0 spiro atoms. The lowest BCUT2D eigenvalue weighted by Gasteiger charge is -2.14. The zero-order valence-electron chi connectivity index (χ0n) is 17.1. The Balaban J connectivity index is 2.03. The number of ether oxygens (including phenoxy) is 1. The molecule has 2 aromatic carbocycles. The Bertz CT molecular complexity index is 974. The molecular formula is C24H26N2O3. The minimum atomic E-state index is -0.350. The van der Waals surface area contributed by atoms with Crippen LogP contribution in [0.5, 0.6) is 5.75 Å². The fourth-order valence-electron chi connectivity index (χ4n) is 3.21. The molecule has 0 atom stereocenters. The molecule has 5 nitrogen and oxygen atoms in total. The number of hydrogen-bond acceptors (Lipinski definition) is 4. The molecule has 0 fully saturated rings. The van der Waals surface area contributed by atoms with Crippen LogP contribution in [0, 0.1) is 13.8 Å². The van der Waals surface area contributed by atoms with Gasteiger partial charge < -0.3 is 10.1 Å². The van der Waals surface area contributed by atoms with E-state index in [0.29, 0.717) is 17.7 Å². The lowest BCUT2D eigenvalue weighted by Crippen LogP contribution is -2.32. The molecule has 3 rings (SSSR count). The van der Waals surface area contributed by atoms with Gasteiger partial charge in [-0.25, -0.2) is 0 Å². The minimum Gasteiger partial charge on any atom is -0.494 e. The second-order valence-corrected chi connectivity index (χ2v) is 7.00. The van der Waals surface area contributed by atoms with Crippen molar-refractivity contribution in [3.63, 3.8) is 0 Å². The number of hydrogen-bond donors (Lipinski definition) is 1. The van der Waals surface area contributed by atoms with E-state index < -0.39 is 0 Å². The SMILES string of the molecule is C=CCN1C(=O)C(Nc2cccc(C)c2C)=C(c2ccc(OCCC)cc2)C1=O. The second-order valence-electron chi connectivity index (χ2n) is 7.00. The molecular weight excluding hydrogens is 364 g/mol. The molecule has 0 saturated carbocycles. The molecule has 150 valence electrons. The lowest BCUT2D eigenvalue weighted by molar-refractivity contribution is -0.136. The van der Waals surface area contributed by atoms with Gasteiger partial charge in [-0.3, -0.25) is 14.5 Å². The Hall–Kier alpha value is -3.34. The molecule has 29 heavy (non-hydrogen) atoms. The summed E-state index contributed by atoms with van der Waals surface area (Å²) in [7, 11) is 0. The zero-order chi connectivity index (χ0) is 21.0. The lowest BCUT2D eigenvalue weighted by atomic mass is 10.0. The number of carbonyl (C=O) groups is 2. The molecule has 0 unspecified atom stereocenters. The standard InChI is InChI=1S/C24H26N2O3/c1-5-14-26-23(27)21(18-10-12-19(13-11-18)29-15-6-2)22(24(26)28)25-20-9-7-8-16(3)17(20)4/h5,7-13,25H,1,6,14-15H2,2-4H3. The highest BCUT2D eigenvalue weighted by molar-refractivity contribution is 6.36. The van der Waals surface area contributed by atoms with E-state index in [0.717, 1.165) is 29.0 Å². The summed E-state index contributed by atoms with van der Waals surface area (Å²) in [6, 6.07) is 13.1. The number of aryl methyl sites for hydroxylation is 1. The number of rotatable bonds is 8. The predicted octanol–water partition coefficient (Wildman–Crippen LogP) is 4.47. The van der Waals surface area contributed by atoms with E-state index in [1.54, 1.807) is 6.08 Å². The van der Waals surface area contributed by atoms with Gasteiger partial charge >= 0.3 is 0 Å². The van der Waals surface area contributed by atoms with Gasteiger partial charge in [0.25, 0.3) is 11.8 Å². The highest BCUT2D eigenvalue weighted by Crippen LogP contribution is 2.32. The van der Waals surface area contributed by atoms with Gasteiger partial charge in [0.1, 0.15) is 11.4 Å². The van der Waals surface area contributed by atoms with Crippen molar-refractivity contribution in [2.45, 2.75) is 27.2 Å². The van der Waals surface area contributed by atoms with E-state index in [4.69, 9.17) is 4.74 Å². The van der Waals surface area contributed by atoms with E-state index in [1.165, 1.54) is 4.90 Å². The van der Waals surface area contributed by atoms with Crippen molar-refractivity contribution in [2.24, 2.45) is 0 Å². The van der Waals surface area contributed by atoms with Crippen molar-refractivity contribution < 1.29 is 14.3 Å². The van der Waals surface area contributed by atoms with Gasteiger partial charge in [0.2, 0.25) is 0 Å². The fourth-order valence-corrected chi connectivity index (χ4v) is 3.21. The quantitative estimate of drug-likeness (QED) is 0.534. The van der Waals surface area contributed by atoms with Crippen molar-refractivity contribution in [1.82, 2.24) is 4.90 Å². The Morgan fingerprint density at radius 3 is 2.45 bits per heavy atom. The van der Waals surface area contributed by atoms with Crippen LogP contribution in [0.1, 0.15) is 30.0 Å². The van der Waals surface area contributed by atoms with Crippen LogP contribution in [0.25, 0.3) is 5.57 Å². The Morgan fingerprint density at radius 1 is 1.07 bits per heavy atom. The van der Waals surface area contributed by atoms with Gasteiger partial charge in [0, 0.05) is 12.2 Å². The summed E-state index contributed by atoms with van der Waals surface area (Å²) < 4.78 is 5.62. The van der Waals surface area contributed by atoms with Gasteiger partial charge in [0.15, 0.2) is 0 Å². The third-order valence-corrected chi connectivity index (χ3v) is 4.96. The number of benzene rings is 2. The van der Waals surface area contributed by atoms with Crippen LogP contribution in [0.3, 0.4) is 0 Å². The molecule has 1 aliphatic rings. The van der Waals surface area contributed by atoms with E-state index in [1.807, 2.05) is 63.2 Å². The van der Waals surface area contributed by atoms with Crippen LogP contribution < -0.4 is 10.1 Å². The average Bonchev–Trinajstić information content (AvgIpc) is 2.95. The Morgan fingerprint density at radius 2 is 1.79 bits per heavy atom. The molecule has 0 aromatic heterocycles. The maximum atomic E-state index is 13.0. The Kier molecular flexibility index (Phi) is 6.17. The Labute approximate surface area is 171 Å². The topological polar surface area (TPSA) is 58.6 Å². The van der Waals surface area contributed by atoms with E-state index in [2.05, 4.69) is 11.9 Å². The third-order valence-electron chi connectivity index (χ3n) is 4.96. The molecule has 1 aliphatic heterocycles. The highest BCUT2D eigenvalue weighted by Gasteiger charge is 2.38. The first-order valence-corrected chi connectivity index (χ1v) is 9.75. The van der Waals surface area contributed by atoms with E-state index in [-0.39, 0.29) is 24.1 Å². The van der Waals surface area contributed by atoms with Gasteiger partial charge in [0.05, 0.1) is 12.2 Å². The zero-order valence-corrected chi connectivity index (χ0v) is 17.1. The summed E-state index contributed by atoms with van der Waals surface area (Å²) in [5.74, 6) is 0.0574. The van der Waals surface area contributed by atoms with E-state index in [9.17, 15) is 9.59 Å². The molecule has 2 aromatic rings. The smallest absolute Gasteiger partial charge is 0.278 e. The summed E-state index contributed by atoms with van der Waals surface area (Å²) in [4.78, 5) is 27.3. The number of carbonyl (C=O) groups excluding carboxylic acids is 2. The third kappa shape index (κ3) is 4.09. The fraction of sp³-hybridized carbons (Fsp3) is 0.250. The first kappa shape index (κ1) is 20.4. The molecule has 0 radical (unpaired) electrons. The van der Waals surface area contributed by atoms with Crippen LogP contribution in [0.4, 0.5) is 5.69 Å². The molecule has 2 amide bonds. The van der Waals surface area contributed by atoms with Gasteiger partial charge in [-0.05, 0) is 55.2 Å². The van der Waals surface area contributed by atoms with Crippen LogP contribution in [0.2, 0.25) is 0 Å². The maximum absolute atomic E-state index is 13.0. The molecule has 0 bridgehead atoms. The van der Waals surface area contributed by atoms with Crippen LogP contribution in [-0.2, 0) is 9.59 Å². The van der Waals surface area contributed by atoms with Crippen LogP contribution >= 0.6 is 0 Å². The molecule has 5 heteroatoms. The average molecular weight is 390 g/mol.